The molecule has 0 saturated heterocycles. The van der Waals surface area contributed by atoms with Gasteiger partial charge in [-0.15, -0.1) is 11.8 Å². The molecule has 2 amide bonds. The maximum Gasteiger partial charge on any atom is 0.248 e. The highest BCUT2D eigenvalue weighted by Crippen LogP contribution is 2.14. The van der Waals surface area contributed by atoms with Crippen molar-refractivity contribution in [3.05, 3.63) is 65.5 Å². The lowest BCUT2D eigenvalue weighted by molar-refractivity contribution is -0.113. The molecule has 2 aromatic rings. The number of benzene rings is 2. The van der Waals surface area contributed by atoms with Crippen LogP contribution < -0.4 is 11.1 Å². The van der Waals surface area contributed by atoms with E-state index in [-0.39, 0.29) is 17.5 Å². The summed E-state index contributed by atoms with van der Waals surface area (Å²) >= 11 is 1.42. The average Bonchev–Trinajstić information content (AvgIpc) is 2.49. The Labute approximate surface area is 131 Å². The monoisotopic (exact) mass is 318 g/mol. The Hall–Kier alpha value is -2.34. The second-order valence-electron chi connectivity index (χ2n) is 4.61. The molecule has 0 aliphatic carbocycles. The summed E-state index contributed by atoms with van der Waals surface area (Å²) in [5.41, 5.74) is 7.02. The summed E-state index contributed by atoms with van der Waals surface area (Å²) in [5, 5.41) is 2.71. The first-order chi connectivity index (χ1) is 10.5. The standard InChI is InChI=1S/C16H15FN2O2S/c17-13-6-4-11(5-7-13)9-22-10-15(20)19-14-3-1-2-12(8-14)16(18)21/h1-8H,9-10H2,(H2,18,21)(H,19,20). The number of carbonyl (C=O) groups excluding carboxylic acids is 2. The number of rotatable bonds is 6. The van der Waals surface area contributed by atoms with Crippen LogP contribution in [0.2, 0.25) is 0 Å². The molecule has 2 aromatic carbocycles. The Kier molecular flexibility index (Phi) is 5.55. The van der Waals surface area contributed by atoms with Gasteiger partial charge in [-0.3, -0.25) is 9.59 Å². The number of hydrogen-bond acceptors (Lipinski definition) is 3. The molecule has 0 aromatic heterocycles. The first kappa shape index (κ1) is 16.0. The van der Waals surface area contributed by atoms with Crippen molar-refractivity contribution >= 4 is 29.3 Å². The zero-order valence-corrected chi connectivity index (χ0v) is 12.5. The molecular weight excluding hydrogens is 303 g/mol. The van der Waals surface area contributed by atoms with Crippen LogP contribution in [0, 0.1) is 5.82 Å². The third kappa shape index (κ3) is 4.89. The van der Waals surface area contributed by atoms with Gasteiger partial charge in [-0.05, 0) is 35.9 Å². The fraction of sp³-hybridized carbons (Fsp3) is 0.125. The zero-order chi connectivity index (χ0) is 15.9. The lowest BCUT2D eigenvalue weighted by Gasteiger charge is -2.06. The van der Waals surface area contributed by atoms with E-state index in [1.807, 2.05) is 0 Å². The molecule has 6 heteroatoms. The second kappa shape index (κ2) is 7.61. The molecule has 3 N–H and O–H groups in total. The van der Waals surface area contributed by atoms with Crippen LogP contribution in [0.4, 0.5) is 10.1 Å². The van der Waals surface area contributed by atoms with Crippen molar-refractivity contribution in [2.24, 2.45) is 5.73 Å². The fourth-order valence-electron chi connectivity index (χ4n) is 1.79. The quantitative estimate of drug-likeness (QED) is 0.860. The lowest BCUT2D eigenvalue weighted by atomic mass is 10.2. The molecule has 0 aliphatic rings. The van der Waals surface area contributed by atoms with Crippen molar-refractivity contribution in [1.29, 1.82) is 0 Å². The maximum atomic E-state index is 12.8. The summed E-state index contributed by atoms with van der Waals surface area (Å²) in [4.78, 5) is 22.9. The molecule has 0 unspecified atom stereocenters. The fourth-order valence-corrected chi connectivity index (χ4v) is 2.58. The number of hydrogen-bond donors (Lipinski definition) is 2. The van der Waals surface area contributed by atoms with Crippen LogP contribution in [0.15, 0.2) is 48.5 Å². The van der Waals surface area contributed by atoms with E-state index in [2.05, 4.69) is 5.32 Å². The predicted molar refractivity (Wildman–Crippen MR) is 86.2 cm³/mol. The van der Waals surface area contributed by atoms with Gasteiger partial charge in [0.25, 0.3) is 0 Å². The average molecular weight is 318 g/mol. The molecule has 0 fully saturated rings. The van der Waals surface area contributed by atoms with E-state index < -0.39 is 5.91 Å². The van der Waals surface area contributed by atoms with Gasteiger partial charge in [0.15, 0.2) is 0 Å². The van der Waals surface area contributed by atoms with E-state index in [1.165, 1.54) is 30.0 Å². The number of thioether (sulfide) groups is 1. The topological polar surface area (TPSA) is 72.2 Å². The highest BCUT2D eigenvalue weighted by Gasteiger charge is 2.05. The molecule has 0 aliphatic heterocycles. The summed E-state index contributed by atoms with van der Waals surface area (Å²) in [7, 11) is 0. The molecule has 0 spiro atoms. The summed E-state index contributed by atoms with van der Waals surface area (Å²) in [6.07, 6.45) is 0. The number of carbonyl (C=O) groups is 2. The summed E-state index contributed by atoms with van der Waals surface area (Å²) < 4.78 is 12.8. The summed E-state index contributed by atoms with van der Waals surface area (Å²) in [6.45, 7) is 0. The molecule has 4 nitrogen and oxygen atoms in total. The Bertz CT molecular complexity index is 674. The first-order valence-corrected chi connectivity index (χ1v) is 7.72. The molecule has 114 valence electrons. The number of halogens is 1. The minimum atomic E-state index is -0.540. The van der Waals surface area contributed by atoms with Gasteiger partial charge in [-0.25, -0.2) is 4.39 Å². The van der Waals surface area contributed by atoms with Crippen molar-refractivity contribution in [3.8, 4) is 0 Å². The zero-order valence-electron chi connectivity index (χ0n) is 11.7. The van der Waals surface area contributed by atoms with E-state index in [0.29, 0.717) is 17.0 Å². The van der Waals surface area contributed by atoms with Crippen molar-refractivity contribution in [3.63, 3.8) is 0 Å². The van der Waals surface area contributed by atoms with Crippen molar-refractivity contribution in [1.82, 2.24) is 0 Å². The van der Waals surface area contributed by atoms with E-state index in [9.17, 15) is 14.0 Å². The lowest BCUT2D eigenvalue weighted by Crippen LogP contribution is -2.15. The predicted octanol–water partition coefficient (Wildman–Crippen LogP) is 2.80. The third-order valence-corrected chi connectivity index (χ3v) is 3.85. The summed E-state index contributed by atoms with van der Waals surface area (Å²) in [6, 6.07) is 12.6. The molecular formula is C16H15FN2O2S. The highest BCUT2D eigenvalue weighted by atomic mass is 32.2. The maximum absolute atomic E-state index is 12.8. The number of anilines is 1. The van der Waals surface area contributed by atoms with Crippen LogP contribution in [-0.2, 0) is 10.5 Å². The van der Waals surface area contributed by atoms with Crippen LogP contribution in [-0.4, -0.2) is 17.6 Å². The molecule has 2 rings (SSSR count). The molecule has 0 heterocycles. The molecule has 22 heavy (non-hydrogen) atoms. The van der Waals surface area contributed by atoms with E-state index in [4.69, 9.17) is 5.73 Å². The summed E-state index contributed by atoms with van der Waals surface area (Å²) in [5.74, 6) is -0.107. The molecule has 0 atom stereocenters. The first-order valence-electron chi connectivity index (χ1n) is 6.56. The molecule has 0 radical (unpaired) electrons. The van der Waals surface area contributed by atoms with Crippen molar-refractivity contribution < 1.29 is 14.0 Å². The number of nitrogens with one attached hydrogen (secondary N) is 1. The van der Waals surface area contributed by atoms with E-state index in [0.717, 1.165) is 5.56 Å². The van der Waals surface area contributed by atoms with Gasteiger partial charge >= 0.3 is 0 Å². The largest absolute Gasteiger partial charge is 0.366 e. The van der Waals surface area contributed by atoms with Gasteiger partial charge in [0.1, 0.15) is 5.82 Å². The van der Waals surface area contributed by atoms with E-state index >= 15 is 0 Å². The SMILES string of the molecule is NC(=O)c1cccc(NC(=O)CSCc2ccc(F)cc2)c1. The van der Waals surface area contributed by atoms with Gasteiger partial charge in [0, 0.05) is 17.0 Å². The normalized spacial score (nSPS) is 10.2. The smallest absolute Gasteiger partial charge is 0.248 e. The van der Waals surface area contributed by atoms with Gasteiger partial charge in [0.2, 0.25) is 11.8 Å². The Morgan fingerprint density at radius 3 is 2.55 bits per heavy atom. The minimum Gasteiger partial charge on any atom is -0.366 e. The van der Waals surface area contributed by atoms with Gasteiger partial charge < -0.3 is 11.1 Å². The van der Waals surface area contributed by atoms with Gasteiger partial charge in [-0.1, -0.05) is 18.2 Å². The van der Waals surface area contributed by atoms with Crippen LogP contribution in [0.3, 0.4) is 0 Å². The minimum absolute atomic E-state index is 0.172. The van der Waals surface area contributed by atoms with Crippen molar-refractivity contribution in [2.75, 3.05) is 11.1 Å². The van der Waals surface area contributed by atoms with Crippen LogP contribution >= 0.6 is 11.8 Å². The Morgan fingerprint density at radius 1 is 1.14 bits per heavy atom. The number of primary amides is 1. The number of amides is 2. The third-order valence-electron chi connectivity index (χ3n) is 2.85. The van der Waals surface area contributed by atoms with Crippen LogP contribution in [0.5, 0.6) is 0 Å². The second-order valence-corrected chi connectivity index (χ2v) is 5.60. The Morgan fingerprint density at radius 2 is 1.86 bits per heavy atom. The number of nitrogens with two attached hydrogens (primary N) is 1. The molecule has 0 saturated carbocycles. The molecule has 0 bridgehead atoms. The van der Waals surface area contributed by atoms with Gasteiger partial charge in [-0.2, -0.15) is 0 Å². The Balaban J connectivity index is 1.81. The van der Waals surface area contributed by atoms with E-state index in [1.54, 1.807) is 30.3 Å². The highest BCUT2D eigenvalue weighted by molar-refractivity contribution is 7.99. The van der Waals surface area contributed by atoms with Crippen LogP contribution in [0.25, 0.3) is 0 Å². The van der Waals surface area contributed by atoms with Crippen LogP contribution in [0.1, 0.15) is 15.9 Å². The van der Waals surface area contributed by atoms with Gasteiger partial charge in [0.05, 0.1) is 5.75 Å². The van der Waals surface area contributed by atoms with Crippen molar-refractivity contribution in [2.45, 2.75) is 5.75 Å².